The van der Waals surface area contributed by atoms with E-state index in [0.717, 1.165) is 10.0 Å². The SMILES string of the molecule is O=C(O)c1ccccc1NCc1ccccc1Br. The third-order valence-corrected chi connectivity index (χ3v) is 3.36. The van der Waals surface area contributed by atoms with Gasteiger partial charge in [-0.1, -0.05) is 46.3 Å². The third kappa shape index (κ3) is 2.90. The first-order valence-corrected chi connectivity index (χ1v) is 6.27. The lowest BCUT2D eigenvalue weighted by molar-refractivity contribution is 0.0698. The fraction of sp³-hybridized carbons (Fsp3) is 0.0714. The summed E-state index contributed by atoms with van der Waals surface area (Å²) in [6.45, 7) is 0.575. The van der Waals surface area contributed by atoms with Crippen molar-refractivity contribution < 1.29 is 9.90 Å². The number of hydrogen-bond acceptors (Lipinski definition) is 2. The number of para-hydroxylation sites is 1. The van der Waals surface area contributed by atoms with Crippen molar-refractivity contribution >= 4 is 27.6 Å². The molecule has 0 spiro atoms. The van der Waals surface area contributed by atoms with Crippen LogP contribution in [0.3, 0.4) is 0 Å². The average Bonchev–Trinajstić information content (AvgIpc) is 2.38. The second kappa shape index (κ2) is 5.69. The maximum Gasteiger partial charge on any atom is 0.337 e. The molecule has 92 valence electrons. The molecule has 4 heteroatoms. The van der Waals surface area contributed by atoms with Crippen molar-refractivity contribution in [2.45, 2.75) is 6.54 Å². The van der Waals surface area contributed by atoms with E-state index in [1.54, 1.807) is 18.2 Å². The highest BCUT2D eigenvalue weighted by Gasteiger charge is 2.08. The summed E-state index contributed by atoms with van der Waals surface area (Å²) in [6, 6.07) is 14.7. The Morgan fingerprint density at radius 1 is 1.11 bits per heavy atom. The summed E-state index contributed by atoms with van der Waals surface area (Å²) in [5.41, 5.74) is 1.99. The van der Waals surface area contributed by atoms with Gasteiger partial charge < -0.3 is 10.4 Å². The molecule has 2 rings (SSSR count). The number of rotatable bonds is 4. The average molecular weight is 306 g/mol. The molecule has 0 radical (unpaired) electrons. The van der Waals surface area contributed by atoms with Crippen LogP contribution in [0.1, 0.15) is 15.9 Å². The van der Waals surface area contributed by atoms with E-state index in [9.17, 15) is 4.79 Å². The van der Waals surface area contributed by atoms with Gasteiger partial charge in [0.05, 0.1) is 5.56 Å². The van der Waals surface area contributed by atoms with Gasteiger partial charge in [0.15, 0.2) is 0 Å². The lowest BCUT2D eigenvalue weighted by Gasteiger charge is -2.10. The van der Waals surface area contributed by atoms with E-state index >= 15 is 0 Å². The zero-order chi connectivity index (χ0) is 13.0. The Morgan fingerprint density at radius 2 is 1.78 bits per heavy atom. The van der Waals surface area contributed by atoms with Crippen LogP contribution in [0.25, 0.3) is 0 Å². The summed E-state index contributed by atoms with van der Waals surface area (Å²) in [5.74, 6) is -0.926. The van der Waals surface area contributed by atoms with E-state index in [4.69, 9.17) is 5.11 Å². The first-order valence-electron chi connectivity index (χ1n) is 5.48. The van der Waals surface area contributed by atoms with Gasteiger partial charge in [-0.05, 0) is 23.8 Å². The van der Waals surface area contributed by atoms with Crippen molar-refractivity contribution in [1.82, 2.24) is 0 Å². The smallest absolute Gasteiger partial charge is 0.337 e. The molecule has 0 aliphatic carbocycles. The molecule has 0 saturated carbocycles. The maximum absolute atomic E-state index is 11.1. The standard InChI is InChI=1S/C14H12BrNO2/c15-12-7-3-1-5-10(12)9-16-13-8-4-2-6-11(13)14(17)18/h1-8,16H,9H2,(H,17,18). The van der Waals surface area contributed by atoms with Gasteiger partial charge in [-0.25, -0.2) is 4.79 Å². The first-order chi connectivity index (χ1) is 8.68. The van der Waals surface area contributed by atoms with E-state index in [1.807, 2.05) is 30.3 Å². The van der Waals surface area contributed by atoms with Crippen LogP contribution in [0.4, 0.5) is 5.69 Å². The quantitative estimate of drug-likeness (QED) is 0.904. The van der Waals surface area contributed by atoms with Crippen LogP contribution in [-0.2, 0) is 6.54 Å². The number of hydrogen-bond donors (Lipinski definition) is 2. The Labute approximate surface area is 114 Å². The second-order valence-electron chi connectivity index (χ2n) is 3.80. The van der Waals surface area contributed by atoms with Crippen LogP contribution in [-0.4, -0.2) is 11.1 Å². The van der Waals surface area contributed by atoms with Gasteiger partial charge in [0.1, 0.15) is 0 Å². The molecule has 0 amide bonds. The molecule has 0 bridgehead atoms. The number of carbonyl (C=O) groups is 1. The number of anilines is 1. The minimum Gasteiger partial charge on any atom is -0.478 e. The van der Waals surface area contributed by atoms with Gasteiger partial charge in [-0.2, -0.15) is 0 Å². The van der Waals surface area contributed by atoms with Crippen molar-refractivity contribution in [3.8, 4) is 0 Å². The number of halogens is 1. The number of nitrogens with one attached hydrogen (secondary N) is 1. The molecule has 2 aromatic carbocycles. The summed E-state index contributed by atoms with van der Waals surface area (Å²) in [4.78, 5) is 11.1. The zero-order valence-electron chi connectivity index (χ0n) is 9.56. The summed E-state index contributed by atoms with van der Waals surface area (Å²) in [5, 5.41) is 12.2. The Morgan fingerprint density at radius 3 is 2.50 bits per heavy atom. The monoisotopic (exact) mass is 305 g/mol. The maximum atomic E-state index is 11.1. The van der Waals surface area contributed by atoms with Crippen molar-refractivity contribution in [2.24, 2.45) is 0 Å². The molecule has 2 N–H and O–H groups in total. The normalized spacial score (nSPS) is 10.1. The molecule has 0 aliphatic heterocycles. The Kier molecular flexibility index (Phi) is 3.99. The van der Waals surface area contributed by atoms with E-state index in [0.29, 0.717) is 12.2 Å². The largest absolute Gasteiger partial charge is 0.478 e. The lowest BCUT2D eigenvalue weighted by atomic mass is 10.1. The molecule has 18 heavy (non-hydrogen) atoms. The fourth-order valence-electron chi connectivity index (χ4n) is 1.66. The molecule has 0 aliphatic rings. The van der Waals surface area contributed by atoms with Crippen LogP contribution in [0.15, 0.2) is 53.0 Å². The highest BCUT2D eigenvalue weighted by molar-refractivity contribution is 9.10. The summed E-state index contributed by atoms with van der Waals surface area (Å²) < 4.78 is 1.00. The Bertz CT molecular complexity index is 569. The highest BCUT2D eigenvalue weighted by atomic mass is 79.9. The van der Waals surface area contributed by atoms with Crippen LogP contribution < -0.4 is 5.32 Å². The molecule has 3 nitrogen and oxygen atoms in total. The Hall–Kier alpha value is -1.81. The predicted octanol–water partition coefficient (Wildman–Crippen LogP) is 3.76. The lowest BCUT2D eigenvalue weighted by Crippen LogP contribution is -2.06. The van der Waals surface area contributed by atoms with Gasteiger partial charge in [0.2, 0.25) is 0 Å². The predicted molar refractivity (Wildman–Crippen MR) is 74.9 cm³/mol. The fourth-order valence-corrected chi connectivity index (χ4v) is 2.08. The van der Waals surface area contributed by atoms with Crippen molar-refractivity contribution in [3.63, 3.8) is 0 Å². The first kappa shape index (κ1) is 12.6. The van der Waals surface area contributed by atoms with Gasteiger partial charge >= 0.3 is 5.97 Å². The number of carboxylic acids is 1. The minimum absolute atomic E-state index is 0.282. The van der Waals surface area contributed by atoms with E-state index < -0.39 is 5.97 Å². The Balaban J connectivity index is 2.16. The molecular formula is C14H12BrNO2. The number of benzene rings is 2. The second-order valence-corrected chi connectivity index (χ2v) is 4.65. The molecule has 0 fully saturated rings. The van der Waals surface area contributed by atoms with Crippen molar-refractivity contribution in [3.05, 3.63) is 64.1 Å². The van der Waals surface area contributed by atoms with E-state index in [2.05, 4.69) is 21.2 Å². The molecule has 0 saturated heterocycles. The summed E-state index contributed by atoms with van der Waals surface area (Å²) in [7, 11) is 0. The topological polar surface area (TPSA) is 49.3 Å². The van der Waals surface area contributed by atoms with Crippen LogP contribution in [0.5, 0.6) is 0 Å². The van der Waals surface area contributed by atoms with Crippen molar-refractivity contribution in [2.75, 3.05) is 5.32 Å². The van der Waals surface area contributed by atoms with Crippen molar-refractivity contribution in [1.29, 1.82) is 0 Å². The molecule has 2 aromatic rings. The molecule has 0 unspecified atom stereocenters. The number of carboxylic acid groups (broad SMARTS) is 1. The summed E-state index contributed by atoms with van der Waals surface area (Å²) >= 11 is 3.46. The van der Waals surface area contributed by atoms with Crippen LogP contribution >= 0.6 is 15.9 Å². The number of aromatic carboxylic acids is 1. The van der Waals surface area contributed by atoms with Gasteiger partial charge in [0, 0.05) is 16.7 Å². The molecular weight excluding hydrogens is 294 g/mol. The third-order valence-electron chi connectivity index (χ3n) is 2.58. The zero-order valence-corrected chi connectivity index (χ0v) is 11.1. The van der Waals surface area contributed by atoms with Gasteiger partial charge in [-0.3, -0.25) is 0 Å². The molecule has 0 atom stereocenters. The highest BCUT2D eigenvalue weighted by Crippen LogP contribution is 2.19. The van der Waals surface area contributed by atoms with Gasteiger partial charge in [0.25, 0.3) is 0 Å². The van der Waals surface area contributed by atoms with Crippen LogP contribution in [0, 0.1) is 0 Å². The summed E-state index contributed by atoms with van der Waals surface area (Å²) in [6.07, 6.45) is 0. The van der Waals surface area contributed by atoms with Gasteiger partial charge in [-0.15, -0.1) is 0 Å². The van der Waals surface area contributed by atoms with E-state index in [1.165, 1.54) is 0 Å². The molecule has 0 heterocycles. The van der Waals surface area contributed by atoms with E-state index in [-0.39, 0.29) is 5.56 Å². The molecule has 0 aromatic heterocycles. The minimum atomic E-state index is -0.926. The van der Waals surface area contributed by atoms with Crippen LogP contribution in [0.2, 0.25) is 0 Å².